The predicted octanol–water partition coefficient (Wildman–Crippen LogP) is 2.50. The van der Waals surface area contributed by atoms with Gasteiger partial charge in [-0.05, 0) is 44.4 Å². The molecule has 2 aromatic rings. The molecule has 2 aliphatic heterocycles. The van der Waals surface area contributed by atoms with Crippen molar-refractivity contribution in [2.75, 3.05) is 32.1 Å². The summed E-state index contributed by atoms with van der Waals surface area (Å²) in [6.07, 6.45) is 2.26. The molecule has 1 aromatic carbocycles. The van der Waals surface area contributed by atoms with E-state index in [0.717, 1.165) is 72.5 Å². The van der Waals surface area contributed by atoms with Crippen LogP contribution < -0.4 is 15.6 Å². The van der Waals surface area contributed by atoms with E-state index in [1.54, 1.807) is 7.11 Å². The van der Waals surface area contributed by atoms with E-state index in [0.29, 0.717) is 0 Å². The number of hydrogen-bond donors (Lipinski definition) is 2. The molecule has 0 radical (unpaired) electrons. The Bertz CT molecular complexity index is 867. The number of benzene rings is 1. The Balaban J connectivity index is 1.75. The van der Waals surface area contributed by atoms with Crippen molar-refractivity contribution in [3.05, 3.63) is 33.6 Å². The van der Waals surface area contributed by atoms with Crippen molar-refractivity contribution >= 4 is 16.6 Å². The molecule has 0 amide bonds. The molecule has 6 nitrogen and oxygen atoms in total. The molecule has 2 aliphatic rings. The first kappa shape index (κ1) is 17.4. The SMILES string of the molecule is COc1cc(CN2CC(C)OC(C)C2)cc2[nH]c(=O)c3c(c12)NCCC3. The fourth-order valence-electron chi connectivity index (χ4n) is 4.33. The third-order valence-corrected chi connectivity index (χ3v) is 5.26. The van der Waals surface area contributed by atoms with E-state index in [9.17, 15) is 4.79 Å². The summed E-state index contributed by atoms with van der Waals surface area (Å²) in [4.78, 5) is 18.0. The van der Waals surface area contributed by atoms with Gasteiger partial charge in [-0.2, -0.15) is 0 Å². The van der Waals surface area contributed by atoms with Gasteiger partial charge in [0.15, 0.2) is 0 Å². The van der Waals surface area contributed by atoms with E-state index in [-0.39, 0.29) is 17.8 Å². The maximum absolute atomic E-state index is 12.5. The van der Waals surface area contributed by atoms with Crippen molar-refractivity contribution in [1.82, 2.24) is 9.88 Å². The average Bonchev–Trinajstić information content (AvgIpc) is 2.60. The van der Waals surface area contributed by atoms with Gasteiger partial charge >= 0.3 is 0 Å². The minimum atomic E-state index is 0.00696. The van der Waals surface area contributed by atoms with Gasteiger partial charge in [0.1, 0.15) is 5.75 Å². The van der Waals surface area contributed by atoms with Crippen LogP contribution in [0.4, 0.5) is 5.69 Å². The first-order valence-corrected chi connectivity index (χ1v) is 9.42. The number of aromatic amines is 1. The van der Waals surface area contributed by atoms with Crippen LogP contribution in [0, 0.1) is 0 Å². The molecule has 2 unspecified atom stereocenters. The normalized spacial score (nSPS) is 23.5. The van der Waals surface area contributed by atoms with Gasteiger partial charge in [-0.15, -0.1) is 0 Å². The van der Waals surface area contributed by atoms with Gasteiger partial charge in [-0.1, -0.05) is 0 Å². The lowest BCUT2D eigenvalue weighted by Crippen LogP contribution is -2.44. The van der Waals surface area contributed by atoms with Gasteiger partial charge < -0.3 is 19.8 Å². The summed E-state index contributed by atoms with van der Waals surface area (Å²) < 4.78 is 11.5. The summed E-state index contributed by atoms with van der Waals surface area (Å²) in [6.45, 7) is 7.74. The molecule has 2 N–H and O–H groups in total. The molecular weight excluding hydrogens is 330 g/mol. The highest BCUT2D eigenvalue weighted by Crippen LogP contribution is 2.35. The lowest BCUT2D eigenvalue weighted by atomic mass is 9.99. The van der Waals surface area contributed by atoms with Crippen LogP contribution in [0.1, 0.15) is 31.4 Å². The smallest absolute Gasteiger partial charge is 0.253 e. The highest BCUT2D eigenvalue weighted by atomic mass is 16.5. The van der Waals surface area contributed by atoms with Crippen LogP contribution in [0.3, 0.4) is 0 Å². The molecule has 4 rings (SSSR count). The number of pyridine rings is 1. The van der Waals surface area contributed by atoms with Crippen molar-refractivity contribution in [3.8, 4) is 5.75 Å². The minimum Gasteiger partial charge on any atom is -0.496 e. The van der Waals surface area contributed by atoms with Gasteiger partial charge in [0, 0.05) is 31.7 Å². The molecule has 1 aromatic heterocycles. The number of aromatic nitrogens is 1. The van der Waals surface area contributed by atoms with Crippen LogP contribution in [-0.2, 0) is 17.7 Å². The summed E-state index contributed by atoms with van der Waals surface area (Å²) >= 11 is 0. The number of fused-ring (bicyclic) bond motifs is 3. The summed E-state index contributed by atoms with van der Waals surface area (Å²) in [5.41, 5.74) is 3.76. The number of morpholine rings is 1. The zero-order valence-corrected chi connectivity index (χ0v) is 15.7. The third-order valence-electron chi connectivity index (χ3n) is 5.26. The van der Waals surface area contributed by atoms with Gasteiger partial charge in [0.05, 0.1) is 35.9 Å². The largest absolute Gasteiger partial charge is 0.496 e. The van der Waals surface area contributed by atoms with Gasteiger partial charge in [0.25, 0.3) is 5.56 Å². The van der Waals surface area contributed by atoms with Crippen LogP contribution in [0.15, 0.2) is 16.9 Å². The first-order valence-electron chi connectivity index (χ1n) is 9.42. The zero-order valence-electron chi connectivity index (χ0n) is 15.7. The second-order valence-corrected chi connectivity index (χ2v) is 7.51. The minimum absolute atomic E-state index is 0.00696. The Labute approximate surface area is 153 Å². The predicted molar refractivity (Wildman–Crippen MR) is 103 cm³/mol. The molecule has 140 valence electrons. The monoisotopic (exact) mass is 357 g/mol. The molecule has 1 fully saturated rings. The van der Waals surface area contributed by atoms with E-state index in [1.165, 1.54) is 0 Å². The highest BCUT2D eigenvalue weighted by Gasteiger charge is 2.24. The number of nitrogens with zero attached hydrogens (tertiary/aromatic N) is 1. The summed E-state index contributed by atoms with van der Waals surface area (Å²) in [5, 5.41) is 4.39. The summed E-state index contributed by atoms with van der Waals surface area (Å²) in [5.74, 6) is 0.814. The Morgan fingerprint density at radius 3 is 2.77 bits per heavy atom. The Kier molecular flexibility index (Phi) is 4.63. The average molecular weight is 357 g/mol. The van der Waals surface area contributed by atoms with E-state index >= 15 is 0 Å². The van der Waals surface area contributed by atoms with Gasteiger partial charge in [-0.25, -0.2) is 0 Å². The molecule has 0 bridgehead atoms. The van der Waals surface area contributed by atoms with Crippen molar-refractivity contribution < 1.29 is 9.47 Å². The van der Waals surface area contributed by atoms with Crippen LogP contribution in [0.2, 0.25) is 0 Å². The van der Waals surface area contributed by atoms with Crippen LogP contribution in [0.25, 0.3) is 10.9 Å². The van der Waals surface area contributed by atoms with Crippen LogP contribution >= 0.6 is 0 Å². The molecule has 0 saturated carbocycles. The van der Waals surface area contributed by atoms with Crippen molar-refractivity contribution in [1.29, 1.82) is 0 Å². The Morgan fingerprint density at radius 2 is 2.04 bits per heavy atom. The second-order valence-electron chi connectivity index (χ2n) is 7.51. The summed E-state index contributed by atoms with van der Waals surface area (Å²) in [6, 6.07) is 4.18. The van der Waals surface area contributed by atoms with Gasteiger partial charge in [-0.3, -0.25) is 9.69 Å². The molecule has 3 heterocycles. The van der Waals surface area contributed by atoms with E-state index in [1.807, 2.05) is 0 Å². The molecular formula is C20H27N3O3. The van der Waals surface area contributed by atoms with Crippen LogP contribution in [0.5, 0.6) is 5.75 Å². The maximum atomic E-state index is 12.5. The first-order chi connectivity index (χ1) is 12.5. The highest BCUT2D eigenvalue weighted by molar-refractivity contribution is 5.98. The topological polar surface area (TPSA) is 66.6 Å². The van der Waals surface area contributed by atoms with E-state index in [2.05, 4.69) is 41.2 Å². The molecule has 6 heteroatoms. The number of hydrogen-bond acceptors (Lipinski definition) is 5. The number of rotatable bonds is 3. The maximum Gasteiger partial charge on any atom is 0.253 e. The standard InChI is InChI=1S/C20H27N3O3/c1-12-9-23(10-13(2)26-12)11-14-7-16-18(17(8-14)25-3)19-15(20(24)22-16)5-4-6-21-19/h7-8,12-13,21H,4-6,9-11H2,1-3H3,(H,22,24). The quantitative estimate of drug-likeness (QED) is 0.884. The summed E-state index contributed by atoms with van der Waals surface area (Å²) in [7, 11) is 1.69. The van der Waals surface area contributed by atoms with Crippen molar-refractivity contribution in [3.63, 3.8) is 0 Å². The zero-order chi connectivity index (χ0) is 18.3. The second kappa shape index (κ2) is 6.93. The molecule has 1 saturated heterocycles. The molecule has 0 spiro atoms. The number of methoxy groups -OCH3 is 1. The fraction of sp³-hybridized carbons (Fsp3) is 0.550. The van der Waals surface area contributed by atoms with Crippen molar-refractivity contribution in [2.24, 2.45) is 0 Å². The number of H-pyrrole nitrogens is 1. The Hall–Kier alpha value is -2.05. The van der Waals surface area contributed by atoms with Crippen LogP contribution in [-0.4, -0.2) is 48.8 Å². The molecule has 2 atom stereocenters. The van der Waals surface area contributed by atoms with E-state index < -0.39 is 0 Å². The number of ether oxygens (including phenoxy) is 2. The fourth-order valence-corrected chi connectivity index (χ4v) is 4.33. The lowest BCUT2D eigenvalue weighted by molar-refractivity contribution is -0.0704. The third kappa shape index (κ3) is 3.19. The van der Waals surface area contributed by atoms with E-state index in [4.69, 9.17) is 9.47 Å². The number of nitrogens with one attached hydrogen (secondary N) is 2. The number of anilines is 1. The van der Waals surface area contributed by atoms with Gasteiger partial charge in [0.2, 0.25) is 0 Å². The lowest BCUT2D eigenvalue weighted by Gasteiger charge is -2.35. The van der Waals surface area contributed by atoms with Crippen molar-refractivity contribution in [2.45, 2.75) is 45.4 Å². The molecule has 26 heavy (non-hydrogen) atoms. The molecule has 0 aliphatic carbocycles. The Morgan fingerprint density at radius 1 is 1.27 bits per heavy atom.